The molecule has 0 aliphatic heterocycles. The Hall–Kier alpha value is -1.65. The highest BCUT2D eigenvalue weighted by Gasteiger charge is 2.28. The summed E-state index contributed by atoms with van der Waals surface area (Å²) in [6, 6.07) is 3.61. The van der Waals surface area contributed by atoms with Gasteiger partial charge in [0.2, 0.25) is 0 Å². The molecular formula is C13H17FN2O2. The lowest BCUT2D eigenvalue weighted by molar-refractivity contribution is -0.385. The lowest BCUT2D eigenvalue weighted by Gasteiger charge is -2.24. The summed E-state index contributed by atoms with van der Waals surface area (Å²) in [6.45, 7) is 2.92. The van der Waals surface area contributed by atoms with Crippen LogP contribution < -0.4 is 5.32 Å². The van der Waals surface area contributed by atoms with Crippen molar-refractivity contribution in [2.45, 2.75) is 32.6 Å². The molecule has 1 fully saturated rings. The maximum Gasteiger partial charge on any atom is 0.274 e. The Morgan fingerprint density at radius 3 is 2.67 bits per heavy atom. The first-order valence-electron chi connectivity index (χ1n) is 6.17. The van der Waals surface area contributed by atoms with Crippen LogP contribution in [0.2, 0.25) is 0 Å². The molecule has 1 aliphatic rings. The van der Waals surface area contributed by atoms with Crippen molar-refractivity contribution in [3.05, 3.63) is 34.1 Å². The van der Waals surface area contributed by atoms with Gasteiger partial charge in [0.15, 0.2) is 0 Å². The molecule has 18 heavy (non-hydrogen) atoms. The number of anilines is 1. The van der Waals surface area contributed by atoms with E-state index in [1.165, 1.54) is 25.0 Å². The number of nitrogens with zero attached hydrogens (tertiary/aromatic N) is 1. The van der Waals surface area contributed by atoms with E-state index in [2.05, 4.69) is 12.2 Å². The molecule has 4 nitrogen and oxygen atoms in total. The van der Waals surface area contributed by atoms with Gasteiger partial charge >= 0.3 is 0 Å². The summed E-state index contributed by atoms with van der Waals surface area (Å²) in [7, 11) is 0. The molecule has 0 heterocycles. The third-order valence-corrected chi connectivity index (χ3v) is 3.62. The smallest absolute Gasteiger partial charge is 0.274 e. The summed E-state index contributed by atoms with van der Waals surface area (Å²) >= 11 is 0. The molecular weight excluding hydrogens is 235 g/mol. The van der Waals surface area contributed by atoms with Gasteiger partial charge in [-0.3, -0.25) is 10.1 Å². The van der Waals surface area contributed by atoms with Crippen LogP contribution in [0.5, 0.6) is 0 Å². The van der Waals surface area contributed by atoms with Crippen LogP contribution in [0.4, 0.5) is 15.8 Å². The molecule has 1 aliphatic carbocycles. The molecule has 0 unspecified atom stereocenters. The van der Waals surface area contributed by atoms with Crippen molar-refractivity contribution >= 4 is 11.4 Å². The van der Waals surface area contributed by atoms with Gasteiger partial charge < -0.3 is 5.32 Å². The highest BCUT2D eigenvalue weighted by molar-refractivity contribution is 5.51. The van der Waals surface area contributed by atoms with Crippen molar-refractivity contribution in [2.75, 3.05) is 11.9 Å². The molecule has 1 saturated carbocycles. The molecule has 5 heteroatoms. The predicted octanol–water partition coefficient (Wildman–Crippen LogP) is 3.73. The van der Waals surface area contributed by atoms with E-state index in [1.54, 1.807) is 0 Å². The SMILES string of the molecule is CC1(CNc2cc(F)cc([N+](=O)[O-])c2)CCCC1. The van der Waals surface area contributed by atoms with Crippen LogP contribution in [-0.2, 0) is 0 Å². The van der Waals surface area contributed by atoms with Gasteiger partial charge in [0.25, 0.3) is 5.69 Å². The average molecular weight is 252 g/mol. The minimum absolute atomic E-state index is 0.214. The number of nitro benzene ring substituents is 1. The maximum atomic E-state index is 13.2. The van der Waals surface area contributed by atoms with Crippen LogP contribution in [0.1, 0.15) is 32.6 Å². The minimum atomic E-state index is -0.580. The van der Waals surface area contributed by atoms with Crippen LogP contribution in [0, 0.1) is 21.3 Å². The standard InChI is InChI=1S/C13H17FN2O2/c1-13(4-2-3-5-13)9-15-11-6-10(14)7-12(8-11)16(17)18/h6-8,15H,2-5,9H2,1H3. The molecule has 0 amide bonds. The quantitative estimate of drug-likeness (QED) is 0.656. The summed E-state index contributed by atoms with van der Waals surface area (Å²) in [5.41, 5.74) is 0.491. The van der Waals surface area contributed by atoms with E-state index in [-0.39, 0.29) is 11.1 Å². The van der Waals surface area contributed by atoms with Gasteiger partial charge in [-0.25, -0.2) is 4.39 Å². The topological polar surface area (TPSA) is 55.2 Å². The van der Waals surface area contributed by atoms with E-state index in [0.29, 0.717) is 5.69 Å². The predicted molar refractivity (Wildman–Crippen MR) is 68.1 cm³/mol. The van der Waals surface area contributed by atoms with E-state index in [0.717, 1.165) is 25.5 Å². The number of halogens is 1. The van der Waals surface area contributed by atoms with Crippen LogP contribution in [0.15, 0.2) is 18.2 Å². The Labute approximate surface area is 105 Å². The molecule has 0 saturated heterocycles. The number of nitro groups is 1. The normalized spacial score (nSPS) is 17.7. The first kappa shape index (κ1) is 12.8. The van der Waals surface area contributed by atoms with Gasteiger partial charge in [0.05, 0.1) is 11.0 Å². The van der Waals surface area contributed by atoms with Crippen LogP contribution in [0.25, 0.3) is 0 Å². The van der Waals surface area contributed by atoms with E-state index < -0.39 is 10.7 Å². The van der Waals surface area contributed by atoms with E-state index in [4.69, 9.17) is 0 Å². The first-order chi connectivity index (χ1) is 8.48. The largest absolute Gasteiger partial charge is 0.384 e. The van der Waals surface area contributed by atoms with Crippen molar-refractivity contribution < 1.29 is 9.31 Å². The maximum absolute atomic E-state index is 13.2. The molecule has 1 N–H and O–H groups in total. The fourth-order valence-electron chi connectivity index (χ4n) is 2.50. The van der Waals surface area contributed by atoms with E-state index in [9.17, 15) is 14.5 Å². The van der Waals surface area contributed by atoms with Crippen molar-refractivity contribution in [2.24, 2.45) is 5.41 Å². The number of nitrogens with one attached hydrogen (secondary N) is 1. The van der Waals surface area contributed by atoms with Gasteiger partial charge in [-0.05, 0) is 24.3 Å². The zero-order valence-corrected chi connectivity index (χ0v) is 10.4. The molecule has 0 spiro atoms. The monoisotopic (exact) mass is 252 g/mol. The zero-order chi connectivity index (χ0) is 13.2. The third-order valence-electron chi connectivity index (χ3n) is 3.62. The molecule has 0 atom stereocenters. The van der Waals surface area contributed by atoms with E-state index >= 15 is 0 Å². The average Bonchev–Trinajstić information content (AvgIpc) is 2.73. The molecule has 1 aromatic carbocycles. The van der Waals surface area contributed by atoms with Gasteiger partial charge in [0, 0.05) is 18.3 Å². The number of hydrogen-bond acceptors (Lipinski definition) is 3. The summed E-state index contributed by atoms with van der Waals surface area (Å²) in [5, 5.41) is 13.8. The number of hydrogen-bond donors (Lipinski definition) is 1. The second-order valence-corrected chi connectivity index (χ2v) is 5.33. The first-order valence-corrected chi connectivity index (χ1v) is 6.17. The summed E-state index contributed by atoms with van der Waals surface area (Å²) in [5.74, 6) is -0.580. The molecule has 2 rings (SSSR count). The van der Waals surface area contributed by atoms with Crippen molar-refractivity contribution in [1.82, 2.24) is 0 Å². The Morgan fingerprint density at radius 1 is 1.39 bits per heavy atom. The highest BCUT2D eigenvalue weighted by atomic mass is 19.1. The summed E-state index contributed by atoms with van der Waals surface area (Å²) in [4.78, 5) is 10.1. The lowest BCUT2D eigenvalue weighted by Crippen LogP contribution is -2.23. The Bertz CT molecular complexity index is 456. The second-order valence-electron chi connectivity index (χ2n) is 5.33. The van der Waals surface area contributed by atoms with Crippen LogP contribution in [-0.4, -0.2) is 11.5 Å². The summed E-state index contributed by atoms with van der Waals surface area (Å²) in [6.07, 6.45) is 4.75. The molecule has 98 valence electrons. The van der Waals surface area contributed by atoms with Crippen molar-refractivity contribution in [3.8, 4) is 0 Å². The van der Waals surface area contributed by atoms with Crippen molar-refractivity contribution in [3.63, 3.8) is 0 Å². The van der Waals surface area contributed by atoms with E-state index in [1.807, 2.05) is 0 Å². The van der Waals surface area contributed by atoms with Gasteiger partial charge in [-0.2, -0.15) is 0 Å². The van der Waals surface area contributed by atoms with Gasteiger partial charge in [-0.1, -0.05) is 19.8 Å². The lowest BCUT2D eigenvalue weighted by atomic mass is 9.89. The van der Waals surface area contributed by atoms with Gasteiger partial charge in [-0.15, -0.1) is 0 Å². The fraction of sp³-hybridized carbons (Fsp3) is 0.538. The Balaban J connectivity index is 2.07. The Kier molecular flexibility index (Phi) is 3.50. The molecule has 0 bridgehead atoms. The molecule has 0 aromatic heterocycles. The van der Waals surface area contributed by atoms with Crippen molar-refractivity contribution in [1.29, 1.82) is 0 Å². The van der Waals surface area contributed by atoms with Crippen LogP contribution >= 0.6 is 0 Å². The molecule has 1 aromatic rings. The number of benzene rings is 1. The van der Waals surface area contributed by atoms with Crippen LogP contribution in [0.3, 0.4) is 0 Å². The minimum Gasteiger partial charge on any atom is -0.384 e. The Morgan fingerprint density at radius 2 is 2.06 bits per heavy atom. The summed E-state index contributed by atoms with van der Waals surface area (Å²) < 4.78 is 13.2. The molecule has 0 radical (unpaired) electrons. The third kappa shape index (κ3) is 2.97. The number of rotatable bonds is 4. The fourth-order valence-corrected chi connectivity index (χ4v) is 2.50. The second kappa shape index (κ2) is 4.92. The highest BCUT2D eigenvalue weighted by Crippen LogP contribution is 2.37. The zero-order valence-electron chi connectivity index (χ0n) is 10.4. The number of non-ortho nitro benzene ring substituents is 1. The van der Waals surface area contributed by atoms with Gasteiger partial charge in [0.1, 0.15) is 5.82 Å².